The van der Waals surface area contributed by atoms with Crippen molar-refractivity contribution >= 4 is 5.91 Å². The summed E-state index contributed by atoms with van der Waals surface area (Å²) in [6.07, 6.45) is 0.951. The van der Waals surface area contributed by atoms with Gasteiger partial charge in [0.1, 0.15) is 5.41 Å². The zero-order valence-electron chi connectivity index (χ0n) is 12.0. The molecule has 108 valence electrons. The fourth-order valence-corrected chi connectivity index (χ4v) is 3.55. The molecule has 1 atom stereocenters. The van der Waals surface area contributed by atoms with E-state index in [1.807, 2.05) is 60.7 Å². The van der Waals surface area contributed by atoms with Crippen molar-refractivity contribution in [3.63, 3.8) is 0 Å². The normalized spacial score (nSPS) is 18.6. The molecule has 0 aromatic heterocycles. The van der Waals surface area contributed by atoms with Gasteiger partial charge in [-0.25, -0.2) is 0 Å². The van der Waals surface area contributed by atoms with Crippen molar-refractivity contribution in [2.45, 2.75) is 11.8 Å². The zero-order valence-corrected chi connectivity index (χ0v) is 12.0. The Kier molecular flexibility index (Phi) is 3.76. The average molecular weight is 280 g/mol. The molecule has 21 heavy (non-hydrogen) atoms. The molecule has 2 aromatic carbocycles. The number of carbonyl (C=O) groups is 1. The number of amides is 1. The highest BCUT2D eigenvalue weighted by molar-refractivity contribution is 5.91. The van der Waals surface area contributed by atoms with Crippen LogP contribution in [0.5, 0.6) is 0 Å². The second-order valence-corrected chi connectivity index (χ2v) is 5.59. The maximum atomic E-state index is 12.6. The summed E-state index contributed by atoms with van der Waals surface area (Å²) in [5.41, 5.74) is 7.16. The third-order valence-corrected chi connectivity index (χ3v) is 4.52. The maximum Gasteiger partial charge on any atom is 0.232 e. The van der Waals surface area contributed by atoms with E-state index in [2.05, 4.69) is 5.32 Å². The molecule has 1 unspecified atom stereocenters. The molecule has 1 saturated heterocycles. The van der Waals surface area contributed by atoms with Gasteiger partial charge in [-0.15, -0.1) is 0 Å². The summed E-state index contributed by atoms with van der Waals surface area (Å²) in [4.78, 5) is 12.6. The highest BCUT2D eigenvalue weighted by atomic mass is 16.1. The molecule has 1 amide bonds. The van der Waals surface area contributed by atoms with Crippen molar-refractivity contribution in [1.29, 1.82) is 0 Å². The van der Waals surface area contributed by atoms with Gasteiger partial charge in [0, 0.05) is 0 Å². The van der Waals surface area contributed by atoms with E-state index in [4.69, 9.17) is 5.73 Å². The fourth-order valence-electron chi connectivity index (χ4n) is 3.55. The van der Waals surface area contributed by atoms with Gasteiger partial charge in [-0.3, -0.25) is 4.79 Å². The third kappa shape index (κ3) is 2.24. The van der Waals surface area contributed by atoms with Crippen LogP contribution in [-0.2, 0) is 10.2 Å². The lowest BCUT2D eigenvalue weighted by Gasteiger charge is -2.37. The molecule has 0 saturated carbocycles. The van der Waals surface area contributed by atoms with E-state index in [-0.39, 0.29) is 11.8 Å². The summed E-state index contributed by atoms with van der Waals surface area (Å²) in [7, 11) is 0. The smallest absolute Gasteiger partial charge is 0.232 e. The molecule has 0 spiro atoms. The number of rotatable bonds is 4. The minimum atomic E-state index is -0.758. The van der Waals surface area contributed by atoms with E-state index in [0.29, 0.717) is 0 Å². The summed E-state index contributed by atoms with van der Waals surface area (Å²) in [5.74, 6) is -0.0894. The van der Waals surface area contributed by atoms with Gasteiger partial charge >= 0.3 is 0 Å². The predicted molar refractivity (Wildman–Crippen MR) is 83.8 cm³/mol. The van der Waals surface area contributed by atoms with Crippen molar-refractivity contribution in [2.24, 2.45) is 11.7 Å². The second kappa shape index (κ2) is 5.70. The Morgan fingerprint density at radius 2 is 1.52 bits per heavy atom. The van der Waals surface area contributed by atoms with E-state index in [1.54, 1.807) is 0 Å². The van der Waals surface area contributed by atoms with Gasteiger partial charge in [0.25, 0.3) is 0 Å². The van der Waals surface area contributed by atoms with Gasteiger partial charge in [-0.05, 0) is 36.6 Å². The Hall–Kier alpha value is -2.13. The fraction of sp³-hybridized carbons (Fsp3) is 0.278. The van der Waals surface area contributed by atoms with Crippen LogP contribution >= 0.6 is 0 Å². The van der Waals surface area contributed by atoms with E-state index >= 15 is 0 Å². The molecule has 0 bridgehead atoms. The second-order valence-electron chi connectivity index (χ2n) is 5.59. The van der Waals surface area contributed by atoms with E-state index in [1.165, 1.54) is 0 Å². The molecule has 1 fully saturated rings. The quantitative estimate of drug-likeness (QED) is 0.901. The van der Waals surface area contributed by atoms with Crippen LogP contribution in [0, 0.1) is 5.92 Å². The SMILES string of the molecule is NC(=O)C(c1ccccc1)(c1ccccc1)C1CCNC1. The van der Waals surface area contributed by atoms with Crippen LogP contribution in [0.1, 0.15) is 17.5 Å². The molecule has 1 aliphatic rings. The molecule has 0 aliphatic carbocycles. The largest absolute Gasteiger partial charge is 0.369 e. The monoisotopic (exact) mass is 280 g/mol. The van der Waals surface area contributed by atoms with Gasteiger partial charge in [0.05, 0.1) is 0 Å². The van der Waals surface area contributed by atoms with Gasteiger partial charge in [-0.2, -0.15) is 0 Å². The Bertz CT molecular complexity index is 564. The lowest BCUT2D eigenvalue weighted by molar-refractivity contribution is -0.123. The number of nitrogens with one attached hydrogen (secondary N) is 1. The van der Waals surface area contributed by atoms with Crippen LogP contribution in [0.4, 0.5) is 0 Å². The molecule has 3 rings (SSSR count). The van der Waals surface area contributed by atoms with Crippen molar-refractivity contribution < 1.29 is 4.79 Å². The summed E-state index contributed by atoms with van der Waals surface area (Å²) in [5, 5.41) is 3.36. The van der Waals surface area contributed by atoms with Crippen LogP contribution in [0.2, 0.25) is 0 Å². The summed E-state index contributed by atoms with van der Waals surface area (Å²) in [6, 6.07) is 19.9. The first-order valence-corrected chi connectivity index (χ1v) is 7.38. The van der Waals surface area contributed by atoms with E-state index in [0.717, 1.165) is 30.6 Å². The maximum absolute atomic E-state index is 12.6. The van der Waals surface area contributed by atoms with Crippen molar-refractivity contribution in [3.05, 3.63) is 71.8 Å². The molecular weight excluding hydrogens is 260 g/mol. The summed E-state index contributed by atoms with van der Waals surface area (Å²) >= 11 is 0. The Morgan fingerprint density at radius 1 is 1.00 bits per heavy atom. The van der Waals surface area contributed by atoms with Gasteiger partial charge in [0.15, 0.2) is 0 Å². The van der Waals surface area contributed by atoms with Gasteiger partial charge < -0.3 is 11.1 Å². The zero-order chi connectivity index (χ0) is 14.7. The summed E-state index contributed by atoms with van der Waals surface area (Å²) < 4.78 is 0. The summed E-state index contributed by atoms with van der Waals surface area (Å²) in [6.45, 7) is 1.74. The predicted octanol–water partition coefficient (Wildman–Crippen LogP) is 2.07. The first kappa shape index (κ1) is 13.8. The lowest BCUT2D eigenvalue weighted by Crippen LogP contribution is -2.49. The van der Waals surface area contributed by atoms with E-state index < -0.39 is 5.41 Å². The minimum Gasteiger partial charge on any atom is -0.369 e. The molecule has 1 aliphatic heterocycles. The molecule has 3 N–H and O–H groups in total. The Morgan fingerprint density at radius 3 is 1.90 bits per heavy atom. The highest BCUT2D eigenvalue weighted by Crippen LogP contribution is 2.41. The van der Waals surface area contributed by atoms with Crippen molar-refractivity contribution in [3.8, 4) is 0 Å². The molecular formula is C18H20N2O. The third-order valence-electron chi connectivity index (χ3n) is 4.52. The molecule has 1 heterocycles. The first-order valence-electron chi connectivity index (χ1n) is 7.38. The van der Waals surface area contributed by atoms with Gasteiger partial charge in [-0.1, -0.05) is 60.7 Å². The standard InChI is InChI=1S/C18H20N2O/c19-17(21)18(16-11-12-20-13-16,14-7-3-1-4-8-14)15-9-5-2-6-10-15/h1-10,16,20H,11-13H2,(H2,19,21). The number of hydrogen-bond acceptors (Lipinski definition) is 2. The minimum absolute atomic E-state index is 0.180. The van der Waals surface area contributed by atoms with Crippen LogP contribution < -0.4 is 11.1 Å². The molecule has 3 heteroatoms. The number of primary amides is 1. The van der Waals surface area contributed by atoms with Crippen molar-refractivity contribution in [2.75, 3.05) is 13.1 Å². The lowest BCUT2D eigenvalue weighted by atomic mass is 9.65. The van der Waals surface area contributed by atoms with Crippen LogP contribution in [-0.4, -0.2) is 19.0 Å². The van der Waals surface area contributed by atoms with Crippen LogP contribution in [0.25, 0.3) is 0 Å². The Labute approximate surface area is 125 Å². The molecule has 3 nitrogen and oxygen atoms in total. The first-order chi connectivity index (χ1) is 10.3. The van der Waals surface area contributed by atoms with Crippen LogP contribution in [0.15, 0.2) is 60.7 Å². The number of hydrogen-bond donors (Lipinski definition) is 2. The van der Waals surface area contributed by atoms with Crippen molar-refractivity contribution in [1.82, 2.24) is 5.32 Å². The topological polar surface area (TPSA) is 55.1 Å². The number of nitrogens with two attached hydrogens (primary N) is 1. The number of carbonyl (C=O) groups excluding carboxylic acids is 1. The number of benzene rings is 2. The van der Waals surface area contributed by atoms with Gasteiger partial charge in [0.2, 0.25) is 5.91 Å². The average Bonchev–Trinajstić information content (AvgIpc) is 3.04. The molecule has 2 aromatic rings. The van der Waals surface area contributed by atoms with Crippen LogP contribution in [0.3, 0.4) is 0 Å². The van der Waals surface area contributed by atoms with E-state index in [9.17, 15) is 4.79 Å². The highest BCUT2D eigenvalue weighted by Gasteiger charge is 2.48. The molecule has 0 radical (unpaired) electrons. The Balaban J connectivity index is 2.24.